The number of thiophene rings is 1. The molecule has 1 aliphatic heterocycles. The summed E-state index contributed by atoms with van der Waals surface area (Å²) in [4.78, 5) is 30.0. The summed E-state index contributed by atoms with van der Waals surface area (Å²) in [6.45, 7) is 11.2. The average Bonchev–Trinajstić information content (AvgIpc) is 3.42. The molecule has 43 heavy (non-hydrogen) atoms. The first kappa shape index (κ1) is 30.0. The fourth-order valence-electron chi connectivity index (χ4n) is 5.01. The van der Waals surface area contributed by atoms with Gasteiger partial charge < -0.3 is 19.3 Å². The van der Waals surface area contributed by atoms with E-state index in [1.54, 1.807) is 51.4 Å². The van der Waals surface area contributed by atoms with E-state index in [9.17, 15) is 14.7 Å². The number of benzene rings is 2. The lowest BCUT2D eigenvalue weighted by Crippen LogP contribution is -2.27. The predicted molar refractivity (Wildman–Crippen MR) is 164 cm³/mol. The number of aliphatic imine (C=N–C) groups is 1. The molecule has 1 N–H and O–H groups in total. The topological polar surface area (TPSA) is 125 Å². The summed E-state index contributed by atoms with van der Waals surface area (Å²) in [5, 5.41) is 19.2. The molecule has 0 aliphatic carbocycles. The van der Waals surface area contributed by atoms with Gasteiger partial charge in [-0.15, -0.1) is 21.5 Å². The molecule has 224 valence electrons. The van der Waals surface area contributed by atoms with Gasteiger partial charge in [0.2, 0.25) is 0 Å². The molecule has 11 heteroatoms. The third kappa shape index (κ3) is 6.17. The highest BCUT2D eigenvalue weighted by molar-refractivity contribution is 7.15. The highest BCUT2D eigenvalue weighted by atomic mass is 32.1. The van der Waals surface area contributed by atoms with Crippen LogP contribution in [0.2, 0.25) is 0 Å². The molecule has 1 atom stereocenters. The second-order valence-electron chi connectivity index (χ2n) is 11.3. The highest BCUT2D eigenvalue weighted by Crippen LogP contribution is 2.40. The van der Waals surface area contributed by atoms with Crippen molar-refractivity contribution < 1.29 is 28.9 Å². The standard InChI is InChI=1S/C32H34N4O6S/c1-17-18(2)43-31-28(17)29(33-24(15-26(37)38)30-35-34-19(3)36(30)31)21-10-8-20(9-11-21)23-13-12-22(14-25(23)40-7)41-16-27(39)42-32(4,5)6/h8-14,24H,15-16H2,1-7H3,(H,37,38)/t24-/m0/s1. The first-order valence-electron chi connectivity index (χ1n) is 13.8. The molecule has 0 saturated heterocycles. The molecule has 2 aromatic carbocycles. The lowest BCUT2D eigenvalue weighted by molar-refractivity contribution is -0.157. The van der Waals surface area contributed by atoms with E-state index in [4.69, 9.17) is 19.2 Å². The molecule has 0 amide bonds. The number of hydrogen-bond acceptors (Lipinski definition) is 9. The van der Waals surface area contributed by atoms with Crippen molar-refractivity contribution in [2.45, 2.75) is 59.6 Å². The van der Waals surface area contributed by atoms with Gasteiger partial charge in [-0.2, -0.15) is 0 Å². The van der Waals surface area contributed by atoms with Crippen LogP contribution in [0.25, 0.3) is 16.1 Å². The third-order valence-corrected chi connectivity index (χ3v) is 8.22. The van der Waals surface area contributed by atoms with E-state index >= 15 is 0 Å². The van der Waals surface area contributed by atoms with Crippen LogP contribution in [-0.2, 0) is 14.3 Å². The quantitative estimate of drug-likeness (QED) is 0.243. The number of ether oxygens (including phenoxy) is 3. The molecule has 10 nitrogen and oxygen atoms in total. The normalized spacial score (nSPS) is 14.3. The molecular weight excluding hydrogens is 568 g/mol. The smallest absolute Gasteiger partial charge is 0.344 e. The second kappa shape index (κ2) is 11.6. The van der Waals surface area contributed by atoms with Gasteiger partial charge in [-0.3, -0.25) is 14.4 Å². The molecule has 0 unspecified atom stereocenters. The van der Waals surface area contributed by atoms with Gasteiger partial charge in [-0.1, -0.05) is 24.3 Å². The summed E-state index contributed by atoms with van der Waals surface area (Å²) in [5.41, 5.74) is 4.77. The van der Waals surface area contributed by atoms with Crippen LogP contribution in [-0.4, -0.2) is 56.8 Å². The van der Waals surface area contributed by atoms with Crippen LogP contribution >= 0.6 is 11.3 Å². The van der Waals surface area contributed by atoms with E-state index in [-0.39, 0.29) is 13.0 Å². The van der Waals surface area contributed by atoms with Crippen LogP contribution in [0.5, 0.6) is 11.5 Å². The number of nitrogens with zero attached hydrogens (tertiary/aromatic N) is 4. The minimum Gasteiger partial charge on any atom is -0.496 e. The Balaban J connectivity index is 1.48. The summed E-state index contributed by atoms with van der Waals surface area (Å²) in [7, 11) is 1.58. The summed E-state index contributed by atoms with van der Waals surface area (Å²) >= 11 is 1.62. The van der Waals surface area contributed by atoms with Gasteiger partial charge in [0.15, 0.2) is 12.4 Å². The van der Waals surface area contributed by atoms with Crippen LogP contribution < -0.4 is 9.47 Å². The minimum atomic E-state index is -0.959. The number of carbonyl (C=O) groups is 2. The minimum absolute atomic E-state index is 0.202. The maximum Gasteiger partial charge on any atom is 0.344 e. The zero-order chi connectivity index (χ0) is 31.1. The predicted octanol–water partition coefficient (Wildman–Crippen LogP) is 6.02. The maximum atomic E-state index is 12.1. The number of aryl methyl sites for hydroxylation is 2. The molecule has 1 aliphatic rings. The molecule has 0 saturated carbocycles. The highest BCUT2D eigenvalue weighted by Gasteiger charge is 2.32. The van der Waals surface area contributed by atoms with Crippen LogP contribution in [0.1, 0.15) is 66.5 Å². The number of carboxylic acids is 1. The van der Waals surface area contributed by atoms with Crippen molar-refractivity contribution >= 4 is 29.0 Å². The Bertz CT molecular complexity index is 1730. The SMILES string of the molecule is COc1cc(OCC(=O)OC(C)(C)C)ccc1-c1ccc(C2=N[C@@H](CC(=O)O)c3nnc(C)n3-c3sc(C)c(C)c32)cc1. The van der Waals surface area contributed by atoms with E-state index in [2.05, 4.69) is 24.0 Å². The summed E-state index contributed by atoms with van der Waals surface area (Å²) in [5.74, 6) is 0.867. The van der Waals surface area contributed by atoms with Crippen LogP contribution in [0.3, 0.4) is 0 Å². The summed E-state index contributed by atoms with van der Waals surface area (Å²) in [6.07, 6.45) is -0.202. The Morgan fingerprint density at radius 1 is 1.02 bits per heavy atom. The van der Waals surface area contributed by atoms with Gasteiger partial charge in [-0.05, 0) is 64.8 Å². The van der Waals surface area contributed by atoms with Crippen molar-refractivity contribution in [2.75, 3.05) is 13.7 Å². The molecule has 3 heterocycles. The Hall–Kier alpha value is -4.51. The number of rotatable bonds is 8. The first-order chi connectivity index (χ1) is 20.4. The van der Waals surface area contributed by atoms with E-state index in [1.807, 2.05) is 41.8 Å². The first-order valence-corrected chi connectivity index (χ1v) is 14.6. The summed E-state index contributed by atoms with van der Waals surface area (Å²) < 4.78 is 18.6. The average molecular weight is 603 g/mol. The zero-order valence-electron chi connectivity index (χ0n) is 25.2. The Kier molecular flexibility index (Phi) is 8.11. The maximum absolute atomic E-state index is 12.1. The van der Waals surface area contributed by atoms with Gasteiger partial charge in [0.05, 0.1) is 19.2 Å². The number of aliphatic carboxylic acids is 1. The lowest BCUT2D eigenvalue weighted by atomic mass is 9.96. The zero-order valence-corrected chi connectivity index (χ0v) is 26.0. The van der Waals surface area contributed by atoms with Gasteiger partial charge in [-0.25, -0.2) is 4.79 Å². The number of carbonyl (C=O) groups excluding carboxylic acids is 1. The van der Waals surface area contributed by atoms with Crippen LogP contribution in [0.15, 0.2) is 47.5 Å². The fourth-order valence-corrected chi connectivity index (χ4v) is 6.22. The molecule has 2 aromatic heterocycles. The van der Waals surface area contributed by atoms with Gasteiger partial charge >= 0.3 is 11.9 Å². The van der Waals surface area contributed by atoms with Crippen molar-refractivity contribution in [3.8, 4) is 27.6 Å². The van der Waals surface area contributed by atoms with Gasteiger partial charge in [0.25, 0.3) is 0 Å². The van der Waals surface area contributed by atoms with Gasteiger partial charge in [0.1, 0.15) is 34.0 Å². The third-order valence-electron chi connectivity index (χ3n) is 7.03. The van der Waals surface area contributed by atoms with Crippen molar-refractivity contribution in [1.29, 1.82) is 0 Å². The fraction of sp³-hybridized carbons (Fsp3) is 0.344. The molecule has 0 fully saturated rings. The number of carboxylic acid groups (broad SMARTS) is 1. The molecule has 0 spiro atoms. The van der Waals surface area contributed by atoms with Crippen LogP contribution in [0.4, 0.5) is 0 Å². The number of esters is 1. The number of aromatic nitrogens is 3. The van der Waals surface area contributed by atoms with E-state index in [1.165, 1.54) is 0 Å². The second-order valence-corrected chi connectivity index (χ2v) is 12.5. The number of methoxy groups -OCH3 is 1. The molecule has 0 radical (unpaired) electrons. The molecule has 0 bridgehead atoms. The molecule has 5 rings (SSSR count). The molecular formula is C32H34N4O6S. The van der Waals surface area contributed by atoms with Crippen molar-refractivity contribution in [2.24, 2.45) is 4.99 Å². The van der Waals surface area contributed by atoms with E-state index < -0.39 is 23.6 Å². The molecule has 4 aromatic rings. The van der Waals surface area contributed by atoms with Crippen molar-refractivity contribution in [1.82, 2.24) is 14.8 Å². The van der Waals surface area contributed by atoms with Crippen molar-refractivity contribution in [3.05, 3.63) is 75.7 Å². The van der Waals surface area contributed by atoms with Crippen molar-refractivity contribution in [3.63, 3.8) is 0 Å². The Morgan fingerprint density at radius 2 is 1.72 bits per heavy atom. The lowest BCUT2D eigenvalue weighted by Gasteiger charge is -2.19. The van der Waals surface area contributed by atoms with E-state index in [0.29, 0.717) is 23.1 Å². The number of fused-ring (bicyclic) bond motifs is 3. The summed E-state index contributed by atoms with van der Waals surface area (Å²) in [6, 6.07) is 12.6. The van der Waals surface area contributed by atoms with Crippen LogP contribution in [0, 0.1) is 20.8 Å². The largest absolute Gasteiger partial charge is 0.496 e. The van der Waals surface area contributed by atoms with E-state index in [0.717, 1.165) is 43.4 Å². The Labute approximate surface area is 254 Å². The Morgan fingerprint density at radius 3 is 2.37 bits per heavy atom. The monoisotopic (exact) mass is 602 g/mol. The number of hydrogen-bond donors (Lipinski definition) is 1. The van der Waals surface area contributed by atoms with Gasteiger partial charge in [0, 0.05) is 27.6 Å².